The highest BCUT2D eigenvalue weighted by Gasteiger charge is 2.12. The quantitative estimate of drug-likeness (QED) is 0.525. The zero-order chi connectivity index (χ0) is 18.1. The number of amides is 1. The summed E-state index contributed by atoms with van der Waals surface area (Å²) in [5.74, 6) is -0.170. The molecule has 8 heteroatoms. The maximum Gasteiger partial charge on any atom is 0.232 e. The van der Waals surface area contributed by atoms with Crippen LogP contribution in [-0.2, 0) is 11.2 Å². The van der Waals surface area contributed by atoms with Crippen molar-refractivity contribution in [1.82, 2.24) is 14.4 Å². The van der Waals surface area contributed by atoms with Gasteiger partial charge in [0, 0.05) is 28.4 Å². The van der Waals surface area contributed by atoms with Crippen LogP contribution in [0.25, 0.3) is 16.9 Å². The molecular formula is C18H12Cl2N4OS. The Bertz CT molecular complexity index is 1070. The van der Waals surface area contributed by atoms with Crippen molar-refractivity contribution in [2.75, 3.05) is 5.32 Å². The van der Waals surface area contributed by atoms with E-state index < -0.39 is 0 Å². The molecule has 3 heterocycles. The molecule has 1 aromatic carbocycles. The van der Waals surface area contributed by atoms with Gasteiger partial charge in [0.15, 0.2) is 5.13 Å². The van der Waals surface area contributed by atoms with Gasteiger partial charge < -0.3 is 9.72 Å². The molecule has 0 radical (unpaired) electrons. The first-order valence-electron chi connectivity index (χ1n) is 7.72. The Morgan fingerprint density at radius 1 is 1.19 bits per heavy atom. The van der Waals surface area contributed by atoms with E-state index in [9.17, 15) is 4.79 Å². The van der Waals surface area contributed by atoms with Crippen LogP contribution >= 0.6 is 34.5 Å². The number of thiazole rings is 1. The van der Waals surface area contributed by atoms with Crippen molar-refractivity contribution in [2.24, 2.45) is 0 Å². The van der Waals surface area contributed by atoms with Crippen LogP contribution in [0.1, 0.15) is 5.69 Å². The average molecular weight is 403 g/mol. The number of carbonyl (C=O) groups is 1. The third-order valence-electron chi connectivity index (χ3n) is 3.71. The fourth-order valence-electron chi connectivity index (χ4n) is 2.55. The van der Waals surface area contributed by atoms with Crippen LogP contribution in [0.3, 0.4) is 0 Å². The van der Waals surface area contributed by atoms with Crippen LogP contribution in [0.2, 0.25) is 10.0 Å². The third-order valence-corrected chi connectivity index (χ3v) is 5.02. The van der Waals surface area contributed by atoms with Gasteiger partial charge in [-0.3, -0.25) is 4.79 Å². The van der Waals surface area contributed by atoms with E-state index in [-0.39, 0.29) is 12.3 Å². The minimum Gasteiger partial charge on any atom is -0.307 e. The first-order valence-corrected chi connectivity index (χ1v) is 9.35. The predicted molar refractivity (Wildman–Crippen MR) is 105 cm³/mol. The Hall–Kier alpha value is -2.41. The van der Waals surface area contributed by atoms with E-state index in [4.69, 9.17) is 23.2 Å². The molecular weight excluding hydrogens is 391 g/mol. The molecule has 3 aromatic heterocycles. The largest absolute Gasteiger partial charge is 0.307 e. The van der Waals surface area contributed by atoms with Gasteiger partial charge in [0.2, 0.25) is 5.91 Å². The highest BCUT2D eigenvalue weighted by Crippen LogP contribution is 2.32. The number of imidazole rings is 1. The smallest absolute Gasteiger partial charge is 0.232 e. The fraction of sp³-hybridized carbons (Fsp3) is 0.0556. The van der Waals surface area contributed by atoms with Gasteiger partial charge in [-0.1, -0.05) is 29.3 Å². The molecule has 0 fully saturated rings. The summed E-state index contributed by atoms with van der Waals surface area (Å²) in [6.45, 7) is 0. The van der Waals surface area contributed by atoms with Crippen LogP contribution in [0.4, 0.5) is 5.13 Å². The summed E-state index contributed by atoms with van der Waals surface area (Å²) in [5, 5.41) is 6.25. The molecule has 5 nitrogen and oxygen atoms in total. The minimum absolute atomic E-state index is 0.170. The van der Waals surface area contributed by atoms with Crippen molar-refractivity contribution in [1.29, 1.82) is 0 Å². The molecule has 4 aromatic rings. The number of hydrogen-bond donors (Lipinski definition) is 1. The summed E-state index contributed by atoms with van der Waals surface area (Å²) in [6.07, 6.45) is 3.92. The van der Waals surface area contributed by atoms with E-state index in [1.54, 1.807) is 12.1 Å². The monoisotopic (exact) mass is 402 g/mol. The van der Waals surface area contributed by atoms with Crippen LogP contribution in [0.5, 0.6) is 0 Å². The third kappa shape index (κ3) is 3.58. The lowest BCUT2D eigenvalue weighted by Crippen LogP contribution is -2.14. The number of anilines is 1. The SMILES string of the molecule is O=C(Cc1cn2ccccc2n1)Nc1nc(-c2ccc(Cl)cc2Cl)cs1. The van der Waals surface area contributed by atoms with Gasteiger partial charge in [0.25, 0.3) is 0 Å². The standard InChI is InChI=1S/C18H12Cl2N4OS/c19-11-4-5-13(14(20)7-11)15-10-26-18(22-15)23-17(25)8-12-9-24-6-2-1-3-16(24)21-12/h1-7,9-10H,8H2,(H,22,23,25). The molecule has 1 N–H and O–H groups in total. The maximum absolute atomic E-state index is 12.3. The van der Waals surface area contributed by atoms with Gasteiger partial charge in [-0.25, -0.2) is 9.97 Å². The lowest BCUT2D eigenvalue weighted by molar-refractivity contribution is -0.115. The lowest BCUT2D eigenvalue weighted by Gasteiger charge is -2.01. The number of carbonyl (C=O) groups excluding carboxylic acids is 1. The molecule has 26 heavy (non-hydrogen) atoms. The molecule has 0 saturated heterocycles. The average Bonchev–Trinajstić information content (AvgIpc) is 3.20. The summed E-state index contributed by atoms with van der Waals surface area (Å²) in [6, 6.07) is 10.9. The molecule has 0 saturated carbocycles. The Balaban J connectivity index is 1.47. The van der Waals surface area contributed by atoms with Gasteiger partial charge >= 0.3 is 0 Å². The van der Waals surface area contributed by atoms with Crippen LogP contribution in [0.15, 0.2) is 54.2 Å². The van der Waals surface area contributed by atoms with E-state index in [1.165, 1.54) is 11.3 Å². The second-order valence-corrected chi connectivity index (χ2v) is 7.29. The predicted octanol–water partition coefficient (Wildman–Crippen LogP) is 4.95. The number of nitrogens with zero attached hydrogens (tertiary/aromatic N) is 3. The van der Waals surface area contributed by atoms with Crippen molar-refractivity contribution < 1.29 is 4.79 Å². The second kappa shape index (κ2) is 7.07. The lowest BCUT2D eigenvalue weighted by atomic mass is 10.2. The first kappa shape index (κ1) is 17.0. The van der Waals surface area contributed by atoms with Crippen molar-refractivity contribution in [3.63, 3.8) is 0 Å². The molecule has 130 valence electrons. The molecule has 0 atom stereocenters. The van der Waals surface area contributed by atoms with Crippen LogP contribution < -0.4 is 5.32 Å². The van der Waals surface area contributed by atoms with Crippen molar-refractivity contribution in [3.05, 3.63) is 69.9 Å². The van der Waals surface area contributed by atoms with Crippen molar-refractivity contribution in [3.8, 4) is 11.3 Å². The summed E-state index contributed by atoms with van der Waals surface area (Å²) in [4.78, 5) is 21.1. The summed E-state index contributed by atoms with van der Waals surface area (Å²) in [5.41, 5.74) is 2.98. The summed E-state index contributed by atoms with van der Waals surface area (Å²) >= 11 is 13.5. The Morgan fingerprint density at radius 3 is 2.88 bits per heavy atom. The molecule has 0 aliphatic carbocycles. The number of nitrogens with one attached hydrogen (secondary N) is 1. The number of pyridine rings is 1. The molecule has 0 unspecified atom stereocenters. The maximum atomic E-state index is 12.3. The fourth-order valence-corrected chi connectivity index (χ4v) is 3.78. The van der Waals surface area contributed by atoms with Crippen LogP contribution in [-0.4, -0.2) is 20.3 Å². The Kier molecular flexibility index (Phi) is 4.63. The molecule has 4 rings (SSSR count). The highest BCUT2D eigenvalue weighted by atomic mass is 35.5. The van der Waals surface area contributed by atoms with Gasteiger partial charge in [-0.05, 0) is 30.3 Å². The highest BCUT2D eigenvalue weighted by molar-refractivity contribution is 7.14. The molecule has 0 aliphatic rings. The number of hydrogen-bond acceptors (Lipinski definition) is 4. The van der Waals surface area contributed by atoms with E-state index in [2.05, 4.69) is 15.3 Å². The van der Waals surface area contributed by atoms with Gasteiger partial charge in [0.05, 0.1) is 22.8 Å². The molecule has 0 bridgehead atoms. The van der Waals surface area contributed by atoms with Crippen molar-refractivity contribution >= 4 is 51.2 Å². The Labute approximate surface area is 163 Å². The number of fused-ring (bicyclic) bond motifs is 1. The molecule has 0 aliphatic heterocycles. The van der Waals surface area contributed by atoms with Crippen LogP contribution in [0, 0.1) is 0 Å². The van der Waals surface area contributed by atoms with E-state index in [1.807, 2.05) is 46.4 Å². The van der Waals surface area contributed by atoms with Gasteiger partial charge in [0.1, 0.15) is 5.65 Å². The molecule has 1 amide bonds. The zero-order valence-corrected chi connectivity index (χ0v) is 15.6. The zero-order valence-electron chi connectivity index (χ0n) is 13.3. The normalized spacial score (nSPS) is 11.0. The van der Waals surface area contributed by atoms with E-state index in [0.717, 1.165) is 11.2 Å². The Morgan fingerprint density at radius 2 is 2.08 bits per heavy atom. The van der Waals surface area contributed by atoms with Crippen molar-refractivity contribution in [2.45, 2.75) is 6.42 Å². The number of benzene rings is 1. The van der Waals surface area contributed by atoms with E-state index in [0.29, 0.717) is 26.6 Å². The number of rotatable bonds is 4. The topological polar surface area (TPSA) is 59.3 Å². The molecule has 0 spiro atoms. The minimum atomic E-state index is -0.170. The number of halogens is 2. The first-order chi connectivity index (χ1) is 12.6. The van der Waals surface area contributed by atoms with Gasteiger partial charge in [-0.15, -0.1) is 11.3 Å². The summed E-state index contributed by atoms with van der Waals surface area (Å²) < 4.78 is 1.88. The summed E-state index contributed by atoms with van der Waals surface area (Å²) in [7, 11) is 0. The van der Waals surface area contributed by atoms with E-state index >= 15 is 0 Å². The van der Waals surface area contributed by atoms with Gasteiger partial charge in [-0.2, -0.15) is 0 Å². The number of aromatic nitrogens is 3. The second-order valence-electron chi connectivity index (χ2n) is 5.59.